The van der Waals surface area contributed by atoms with Crippen LogP contribution in [0, 0.1) is 5.82 Å². The lowest BCUT2D eigenvalue weighted by Gasteiger charge is -2.36. The van der Waals surface area contributed by atoms with Crippen molar-refractivity contribution in [3.8, 4) is 5.75 Å². The fourth-order valence-corrected chi connectivity index (χ4v) is 5.76. The van der Waals surface area contributed by atoms with Crippen molar-refractivity contribution >= 4 is 17.0 Å². The van der Waals surface area contributed by atoms with Crippen LogP contribution in [-0.4, -0.2) is 25.3 Å². The molecule has 2 saturated heterocycles. The molecule has 35 heavy (non-hydrogen) atoms. The third-order valence-electron chi connectivity index (χ3n) is 6.95. The smallest absolute Gasteiger partial charge is 0.155 e. The Labute approximate surface area is 207 Å². The zero-order valence-corrected chi connectivity index (χ0v) is 20.2. The highest BCUT2D eigenvalue weighted by Crippen LogP contribution is 2.39. The van der Waals surface area contributed by atoms with Crippen LogP contribution in [0.3, 0.4) is 0 Å². The maximum atomic E-state index is 14.5. The van der Waals surface area contributed by atoms with E-state index in [9.17, 15) is 4.39 Å². The predicted octanol–water partition coefficient (Wildman–Crippen LogP) is 4.52. The zero-order chi connectivity index (χ0) is 23.8. The number of methoxy groups -OCH3 is 1. The van der Waals surface area contributed by atoms with Crippen LogP contribution in [0.4, 0.5) is 10.1 Å². The minimum Gasteiger partial charge on any atom is -0.489 e. The molecule has 6 rings (SSSR count). The van der Waals surface area contributed by atoms with E-state index in [4.69, 9.17) is 14.2 Å². The van der Waals surface area contributed by atoms with Gasteiger partial charge in [-0.3, -0.25) is 0 Å². The van der Waals surface area contributed by atoms with Crippen molar-refractivity contribution in [1.82, 2.24) is 15.8 Å². The molecule has 3 aliphatic rings. The van der Waals surface area contributed by atoms with Crippen LogP contribution >= 0.6 is 11.3 Å². The first kappa shape index (κ1) is 22.5. The Bertz CT molecular complexity index is 1240. The number of allylic oxidation sites excluding steroid dienone is 1. The number of nitrogens with zero attached hydrogens (tertiary/aromatic N) is 2. The molecule has 2 fully saturated rings. The van der Waals surface area contributed by atoms with Gasteiger partial charge >= 0.3 is 0 Å². The number of ether oxygens (including phenoxy) is 3. The fourth-order valence-electron chi connectivity index (χ4n) is 5.09. The minimum absolute atomic E-state index is 0.0496. The maximum Gasteiger partial charge on any atom is 0.155 e. The van der Waals surface area contributed by atoms with Gasteiger partial charge < -0.3 is 24.5 Å². The van der Waals surface area contributed by atoms with Gasteiger partial charge in [0.2, 0.25) is 0 Å². The van der Waals surface area contributed by atoms with Crippen LogP contribution in [0.25, 0.3) is 0 Å². The number of halogens is 1. The molecule has 4 heterocycles. The molecule has 2 N–H and O–H groups in total. The average molecular weight is 495 g/mol. The molecule has 9 heteroatoms. The topological polar surface area (TPSA) is 67.9 Å². The molecule has 1 aromatic heterocycles. The third-order valence-corrected chi connectivity index (χ3v) is 7.78. The maximum absolute atomic E-state index is 14.5. The molecule has 0 saturated carbocycles. The van der Waals surface area contributed by atoms with Crippen molar-refractivity contribution in [2.45, 2.75) is 37.6 Å². The van der Waals surface area contributed by atoms with Crippen molar-refractivity contribution in [1.29, 1.82) is 0 Å². The Morgan fingerprint density at radius 2 is 2.11 bits per heavy atom. The molecule has 1 unspecified atom stereocenters. The van der Waals surface area contributed by atoms with Crippen LogP contribution in [-0.2, 0) is 28.1 Å². The summed E-state index contributed by atoms with van der Waals surface area (Å²) in [7, 11) is 1.67. The van der Waals surface area contributed by atoms with Crippen LogP contribution in [0.2, 0.25) is 0 Å². The quantitative estimate of drug-likeness (QED) is 0.522. The highest BCUT2D eigenvalue weighted by atomic mass is 32.1. The Kier molecular flexibility index (Phi) is 5.93. The summed E-state index contributed by atoms with van der Waals surface area (Å²) in [5.74, 6) is 1.21. The van der Waals surface area contributed by atoms with Gasteiger partial charge in [0, 0.05) is 56.5 Å². The Hall–Kier alpha value is -2.98. The van der Waals surface area contributed by atoms with E-state index in [1.54, 1.807) is 24.5 Å². The number of fused-ring (bicyclic) bond motifs is 3. The van der Waals surface area contributed by atoms with E-state index in [1.165, 1.54) is 11.6 Å². The SMILES string of the molecule is COC1(c2cc(F)cc(OCc3ccc4c(c3)CC=C3NNC(c5nccs5)N34)c2)CCOCC1. The van der Waals surface area contributed by atoms with Gasteiger partial charge in [-0.05, 0) is 47.4 Å². The number of benzene rings is 2. The standard InChI is InChI=1S/C26H27FN4O3S/c1-32-26(6-9-33-10-7-26)19-13-20(27)15-21(14-19)34-16-17-2-4-22-18(12-17)3-5-23-29-30-24(31(22)23)25-28-8-11-35-25/h2,4-5,8,11-15,24,29-30H,3,6-7,9-10,16H2,1H3. The highest BCUT2D eigenvalue weighted by molar-refractivity contribution is 7.09. The van der Waals surface area contributed by atoms with Crippen molar-refractivity contribution in [2.24, 2.45) is 0 Å². The van der Waals surface area contributed by atoms with Crippen molar-refractivity contribution in [3.05, 3.63) is 87.4 Å². The van der Waals surface area contributed by atoms with Gasteiger partial charge in [0.15, 0.2) is 6.17 Å². The minimum atomic E-state index is -0.542. The molecule has 0 radical (unpaired) electrons. The van der Waals surface area contributed by atoms with E-state index >= 15 is 0 Å². The second-order valence-electron chi connectivity index (χ2n) is 8.94. The molecule has 0 bridgehead atoms. The summed E-state index contributed by atoms with van der Waals surface area (Å²) < 4.78 is 31.9. The summed E-state index contributed by atoms with van der Waals surface area (Å²) >= 11 is 1.62. The van der Waals surface area contributed by atoms with Gasteiger partial charge in [-0.25, -0.2) is 14.8 Å². The summed E-state index contributed by atoms with van der Waals surface area (Å²) in [5.41, 5.74) is 10.2. The summed E-state index contributed by atoms with van der Waals surface area (Å²) in [5, 5.41) is 2.99. The molecular formula is C26H27FN4O3S. The summed E-state index contributed by atoms with van der Waals surface area (Å²) in [6.07, 6.45) is 6.14. The van der Waals surface area contributed by atoms with E-state index in [0.29, 0.717) is 38.4 Å². The second-order valence-corrected chi connectivity index (χ2v) is 9.87. The van der Waals surface area contributed by atoms with Crippen LogP contribution < -0.4 is 20.5 Å². The van der Waals surface area contributed by atoms with Gasteiger partial charge in [-0.1, -0.05) is 12.1 Å². The summed E-state index contributed by atoms with van der Waals surface area (Å²) in [6.45, 7) is 1.54. The number of rotatable bonds is 6. The largest absolute Gasteiger partial charge is 0.489 e. The second kappa shape index (κ2) is 9.23. The van der Waals surface area contributed by atoms with Crippen LogP contribution in [0.5, 0.6) is 5.75 Å². The number of hydrogen-bond acceptors (Lipinski definition) is 8. The van der Waals surface area contributed by atoms with Gasteiger partial charge in [0.1, 0.15) is 29.0 Å². The van der Waals surface area contributed by atoms with E-state index in [-0.39, 0.29) is 12.0 Å². The molecular weight excluding hydrogens is 467 g/mol. The molecule has 3 aromatic rings. The summed E-state index contributed by atoms with van der Waals surface area (Å²) in [4.78, 5) is 6.72. The lowest BCUT2D eigenvalue weighted by Crippen LogP contribution is -2.35. The number of thiazole rings is 1. The normalized spacial score (nSPS) is 20.6. The van der Waals surface area contributed by atoms with Gasteiger partial charge in [-0.2, -0.15) is 0 Å². The van der Waals surface area contributed by atoms with Crippen LogP contribution in [0.15, 0.2) is 59.9 Å². The van der Waals surface area contributed by atoms with E-state index in [2.05, 4.69) is 45.0 Å². The van der Waals surface area contributed by atoms with Gasteiger partial charge in [0.25, 0.3) is 0 Å². The number of aromatic nitrogens is 1. The molecule has 1 atom stereocenters. The molecule has 0 spiro atoms. The molecule has 3 aliphatic heterocycles. The summed E-state index contributed by atoms with van der Waals surface area (Å²) in [6, 6.07) is 11.2. The first-order chi connectivity index (χ1) is 17.1. The third kappa shape index (κ3) is 4.18. The van der Waals surface area contributed by atoms with Crippen molar-refractivity contribution in [3.63, 3.8) is 0 Å². The van der Waals surface area contributed by atoms with Crippen molar-refractivity contribution < 1.29 is 18.6 Å². The van der Waals surface area contributed by atoms with Crippen molar-refractivity contribution in [2.75, 3.05) is 25.2 Å². The Morgan fingerprint density at radius 1 is 1.23 bits per heavy atom. The van der Waals surface area contributed by atoms with Crippen LogP contribution in [0.1, 0.15) is 40.7 Å². The number of hydrazine groups is 1. The van der Waals surface area contributed by atoms with E-state index in [1.807, 2.05) is 17.6 Å². The lowest BCUT2D eigenvalue weighted by molar-refractivity contribution is -0.0950. The number of nitrogens with one attached hydrogen (secondary N) is 2. The highest BCUT2D eigenvalue weighted by Gasteiger charge is 2.36. The molecule has 182 valence electrons. The fraction of sp³-hybridized carbons (Fsp3) is 0.346. The number of hydrogen-bond donors (Lipinski definition) is 2. The average Bonchev–Trinajstić information content (AvgIpc) is 3.57. The first-order valence-electron chi connectivity index (χ1n) is 11.7. The first-order valence-corrected chi connectivity index (χ1v) is 12.6. The van der Waals surface area contributed by atoms with E-state index < -0.39 is 5.60 Å². The Morgan fingerprint density at radius 3 is 2.91 bits per heavy atom. The predicted molar refractivity (Wildman–Crippen MR) is 131 cm³/mol. The lowest BCUT2D eigenvalue weighted by atomic mass is 9.86. The molecule has 0 aliphatic carbocycles. The molecule has 2 aromatic carbocycles. The van der Waals surface area contributed by atoms with Gasteiger partial charge in [0.05, 0.1) is 5.60 Å². The Balaban J connectivity index is 1.21. The molecule has 0 amide bonds. The van der Waals surface area contributed by atoms with E-state index in [0.717, 1.165) is 34.1 Å². The monoisotopic (exact) mass is 494 g/mol. The van der Waals surface area contributed by atoms with Gasteiger partial charge in [-0.15, -0.1) is 11.3 Å². The zero-order valence-electron chi connectivity index (χ0n) is 19.4. The molecule has 7 nitrogen and oxygen atoms in total. The number of anilines is 1.